The van der Waals surface area contributed by atoms with Gasteiger partial charge in [0.05, 0.1) is 17.7 Å². The lowest BCUT2D eigenvalue weighted by atomic mass is 10.4. The van der Waals surface area contributed by atoms with E-state index in [-0.39, 0.29) is 0 Å². The Balaban J connectivity index is 2.55. The minimum Gasteiger partial charge on any atom is -0.461 e. The quantitative estimate of drug-likeness (QED) is 0.805. The van der Waals surface area contributed by atoms with Gasteiger partial charge in [-0.05, 0) is 28.9 Å². The van der Waals surface area contributed by atoms with E-state index in [1.807, 2.05) is 0 Å². The number of fused-ring (bicyclic) bond motifs is 1. The van der Waals surface area contributed by atoms with Crippen molar-refractivity contribution < 1.29 is 14.3 Å². The fraction of sp³-hybridized carbons (Fsp3) is 0.364. The van der Waals surface area contributed by atoms with Gasteiger partial charge in [-0.15, -0.1) is 0 Å². The van der Waals surface area contributed by atoms with Crippen LogP contribution in [0.5, 0.6) is 0 Å². The molecule has 0 N–H and O–H groups in total. The Labute approximate surface area is 112 Å². The van der Waals surface area contributed by atoms with Gasteiger partial charge < -0.3 is 9.47 Å². The number of nitrogens with zero attached hydrogens (tertiary/aromatic N) is 3. The molecule has 0 unspecified atom stereocenters. The summed E-state index contributed by atoms with van der Waals surface area (Å²) in [6.07, 6.45) is 1.55. The summed E-state index contributed by atoms with van der Waals surface area (Å²) < 4.78 is 12.2. The maximum Gasteiger partial charge on any atom is 0.357 e. The third-order valence-electron chi connectivity index (χ3n) is 2.29. The SMILES string of the molecule is CCOC(=O)c1ccnc2c(Br)c(COC)nn12. The van der Waals surface area contributed by atoms with E-state index < -0.39 is 5.97 Å². The van der Waals surface area contributed by atoms with E-state index in [0.29, 0.717) is 30.2 Å². The second-order valence-corrected chi connectivity index (χ2v) is 4.27. The van der Waals surface area contributed by atoms with Crippen molar-refractivity contribution in [3.05, 3.63) is 28.1 Å². The van der Waals surface area contributed by atoms with Crippen molar-refractivity contribution in [2.75, 3.05) is 13.7 Å². The second-order valence-electron chi connectivity index (χ2n) is 3.48. The maximum atomic E-state index is 11.8. The van der Waals surface area contributed by atoms with Gasteiger partial charge >= 0.3 is 5.97 Å². The lowest BCUT2D eigenvalue weighted by molar-refractivity contribution is 0.0516. The van der Waals surface area contributed by atoms with Gasteiger partial charge in [0.15, 0.2) is 11.3 Å². The zero-order chi connectivity index (χ0) is 13.1. The monoisotopic (exact) mass is 313 g/mol. The molecule has 0 saturated carbocycles. The molecular weight excluding hydrogens is 302 g/mol. The van der Waals surface area contributed by atoms with Crippen LogP contribution in [-0.4, -0.2) is 34.3 Å². The molecule has 0 spiro atoms. The lowest BCUT2D eigenvalue weighted by Gasteiger charge is -2.03. The number of esters is 1. The van der Waals surface area contributed by atoms with Crippen LogP contribution < -0.4 is 0 Å². The third kappa shape index (κ3) is 2.23. The third-order valence-corrected chi connectivity index (χ3v) is 3.11. The van der Waals surface area contributed by atoms with E-state index >= 15 is 0 Å². The van der Waals surface area contributed by atoms with Crippen LogP contribution in [-0.2, 0) is 16.1 Å². The van der Waals surface area contributed by atoms with Crippen LogP contribution in [0.1, 0.15) is 23.1 Å². The molecule has 0 atom stereocenters. The highest BCUT2D eigenvalue weighted by Crippen LogP contribution is 2.22. The molecule has 2 heterocycles. The summed E-state index contributed by atoms with van der Waals surface area (Å²) in [6.45, 7) is 2.41. The van der Waals surface area contributed by atoms with Crippen LogP contribution in [0.15, 0.2) is 16.7 Å². The number of halogens is 1. The van der Waals surface area contributed by atoms with E-state index in [2.05, 4.69) is 26.0 Å². The summed E-state index contributed by atoms with van der Waals surface area (Å²) in [7, 11) is 1.58. The molecule has 2 aromatic heterocycles. The lowest BCUT2D eigenvalue weighted by Crippen LogP contribution is -2.11. The van der Waals surface area contributed by atoms with Crippen molar-refractivity contribution in [2.24, 2.45) is 0 Å². The van der Waals surface area contributed by atoms with Crippen LogP contribution >= 0.6 is 15.9 Å². The first-order valence-corrected chi connectivity index (χ1v) is 6.16. The molecule has 0 aliphatic carbocycles. The topological polar surface area (TPSA) is 65.7 Å². The summed E-state index contributed by atoms with van der Waals surface area (Å²) in [5.41, 5.74) is 1.58. The fourth-order valence-electron chi connectivity index (χ4n) is 1.55. The molecule has 0 aliphatic rings. The van der Waals surface area contributed by atoms with Crippen molar-refractivity contribution >= 4 is 27.5 Å². The Hall–Kier alpha value is -1.47. The average Bonchev–Trinajstić information content (AvgIpc) is 2.68. The van der Waals surface area contributed by atoms with Gasteiger partial charge in [0.2, 0.25) is 0 Å². The van der Waals surface area contributed by atoms with Gasteiger partial charge in [-0.25, -0.2) is 14.3 Å². The number of carbonyl (C=O) groups excluding carboxylic acids is 1. The standard InChI is InChI=1S/C11H12BrN3O3/c1-3-18-11(16)8-4-5-13-10-9(12)7(6-17-2)14-15(8)10/h4-5H,3,6H2,1-2H3. The molecule has 18 heavy (non-hydrogen) atoms. The number of hydrogen-bond acceptors (Lipinski definition) is 5. The molecule has 0 bridgehead atoms. The van der Waals surface area contributed by atoms with Gasteiger partial charge in [0.25, 0.3) is 0 Å². The maximum absolute atomic E-state index is 11.8. The number of aromatic nitrogens is 3. The average molecular weight is 314 g/mol. The molecule has 0 amide bonds. The molecule has 0 fully saturated rings. The molecule has 0 aliphatic heterocycles. The normalized spacial score (nSPS) is 10.8. The van der Waals surface area contributed by atoms with Gasteiger partial charge in [0, 0.05) is 13.3 Å². The van der Waals surface area contributed by atoms with Gasteiger partial charge in [-0.2, -0.15) is 5.10 Å². The van der Waals surface area contributed by atoms with E-state index in [9.17, 15) is 4.79 Å². The molecule has 2 rings (SSSR count). The van der Waals surface area contributed by atoms with Crippen LogP contribution in [0.4, 0.5) is 0 Å². The van der Waals surface area contributed by atoms with Crippen molar-refractivity contribution in [3.8, 4) is 0 Å². The van der Waals surface area contributed by atoms with Crippen LogP contribution in [0.3, 0.4) is 0 Å². The van der Waals surface area contributed by atoms with Gasteiger partial charge in [-0.1, -0.05) is 0 Å². The largest absolute Gasteiger partial charge is 0.461 e. The smallest absolute Gasteiger partial charge is 0.357 e. The summed E-state index contributed by atoms with van der Waals surface area (Å²) in [5, 5.41) is 4.29. The number of carbonyl (C=O) groups is 1. The Kier molecular flexibility index (Phi) is 3.93. The minimum absolute atomic E-state index is 0.315. The Morgan fingerprint density at radius 1 is 1.56 bits per heavy atom. The highest BCUT2D eigenvalue weighted by atomic mass is 79.9. The van der Waals surface area contributed by atoms with Crippen LogP contribution in [0.2, 0.25) is 0 Å². The Morgan fingerprint density at radius 3 is 3.00 bits per heavy atom. The highest BCUT2D eigenvalue weighted by molar-refractivity contribution is 9.10. The van der Waals surface area contributed by atoms with Crippen molar-refractivity contribution in [1.82, 2.24) is 14.6 Å². The van der Waals surface area contributed by atoms with E-state index in [0.717, 1.165) is 4.47 Å². The first-order valence-electron chi connectivity index (χ1n) is 5.37. The summed E-state index contributed by atoms with van der Waals surface area (Å²) in [4.78, 5) is 16.0. The number of methoxy groups -OCH3 is 1. The summed E-state index contributed by atoms with van der Waals surface area (Å²) in [6, 6.07) is 1.57. The van der Waals surface area contributed by atoms with Crippen molar-refractivity contribution in [3.63, 3.8) is 0 Å². The fourth-order valence-corrected chi connectivity index (χ4v) is 2.01. The minimum atomic E-state index is -0.427. The Bertz CT molecular complexity index is 582. The molecule has 2 aromatic rings. The van der Waals surface area contributed by atoms with E-state index in [1.165, 1.54) is 4.52 Å². The van der Waals surface area contributed by atoms with Crippen molar-refractivity contribution in [2.45, 2.75) is 13.5 Å². The highest BCUT2D eigenvalue weighted by Gasteiger charge is 2.17. The molecule has 0 aromatic carbocycles. The molecule has 96 valence electrons. The number of rotatable bonds is 4. The number of hydrogen-bond donors (Lipinski definition) is 0. The van der Waals surface area contributed by atoms with E-state index in [4.69, 9.17) is 9.47 Å². The summed E-state index contributed by atoms with van der Waals surface area (Å²) in [5.74, 6) is -0.427. The molecule has 0 saturated heterocycles. The predicted octanol–water partition coefficient (Wildman–Crippen LogP) is 1.81. The Morgan fingerprint density at radius 2 is 2.33 bits per heavy atom. The number of ether oxygens (including phenoxy) is 2. The molecule has 0 radical (unpaired) electrons. The molecule has 7 heteroatoms. The second kappa shape index (κ2) is 5.45. The zero-order valence-corrected chi connectivity index (χ0v) is 11.6. The van der Waals surface area contributed by atoms with Crippen molar-refractivity contribution in [1.29, 1.82) is 0 Å². The predicted molar refractivity (Wildman–Crippen MR) is 67.4 cm³/mol. The first-order chi connectivity index (χ1) is 8.69. The first kappa shape index (κ1) is 13.0. The van der Waals surface area contributed by atoms with Crippen LogP contribution in [0.25, 0.3) is 5.65 Å². The molecular formula is C11H12BrN3O3. The van der Waals surface area contributed by atoms with Crippen LogP contribution in [0, 0.1) is 0 Å². The van der Waals surface area contributed by atoms with E-state index in [1.54, 1.807) is 26.3 Å². The summed E-state index contributed by atoms with van der Waals surface area (Å²) >= 11 is 3.40. The van der Waals surface area contributed by atoms with Gasteiger partial charge in [-0.3, -0.25) is 0 Å². The molecule has 6 nitrogen and oxygen atoms in total. The van der Waals surface area contributed by atoms with Gasteiger partial charge in [0.1, 0.15) is 5.69 Å². The zero-order valence-electron chi connectivity index (χ0n) is 10.0.